The van der Waals surface area contributed by atoms with E-state index in [0.717, 1.165) is 10.0 Å². The molecule has 16 heavy (non-hydrogen) atoms. The Morgan fingerprint density at radius 1 is 1.62 bits per heavy atom. The standard InChI is InChI=1S/C11H10BrClO3/c1-6-3-8(12)4-9(13)10(6)16-5-7(2)11(14)15/h3-4H,2,5H2,1H3,(H,14,15). The summed E-state index contributed by atoms with van der Waals surface area (Å²) in [7, 11) is 0. The van der Waals surface area contributed by atoms with Crippen LogP contribution in [-0.4, -0.2) is 17.7 Å². The first-order valence-corrected chi connectivity index (χ1v) is 5.58. The van der Waals surface area contributed by atoms with Crippen molar-refractivity contribution >= 4 is 33.5 Å². The van der Waals surface area contributed by atoms with Crippen LogP contribution in [-0.2, 0) is 4.79 Å². The molecule has 0 radical (unpaired) electrons. The van der Waals surface area contributed by atoms with Gasteiger partial charge in [0, 0.05) is 4.47 Å². The summed E-state index contributed by atoms with van der Waals surface area (Å²) in [4.78, 5) is 10.5. The third-order valence-corrected chi connectivity index (χ3v) is 2.63. The van der Waals surface area contributed by atoms with Gasteiger partial charge in [-0.1, -0.05) is 34.1 Å². The van der Waals surface area contributed by atoms with Crippen molar-refractivity contribution in [1.29, 1.82) is 0 Å². The van der Waals surface area contributed by atoms with Gasteiger partial charge in [0.05, 0.1) is 10.6 Å². The second-order valence-electron chi connectivity index (χ2n) is 3.23. The Morgan fingerprint density at radius 3 is 2.75 bits per heavy atom. The van der Waals surface area contributed by atoms with Gasteiger partial charge in [-0.3, -0.25) is 0 Å². The van der Waals surface area contributed by atoms with Gasteiger partial charge < -0.3 is 9.84 Å². The number of hydrogen-bond donors (Lipinski definition) is 1. The molecule has 1 aromatic rings. The Kier molecular flexibility index (Phi) is 4.38. The van der Waals surface area contributed by atoms with E-state index in [1.165, 1.54) is 0 Å². The number of ether oxygens (including phenoxy) is 1. The molecule has 0 aromatic heterocycles. The molecule has 0 bridgehead atoms. The molecule has 0 fully saturated rings. The number of carboxylic acid groups (broad SMARTS) is 1. The van der Waals surface area contributed by atoms with Gasteiger partial charge in [-0.2, -0.15) is 0 Å². The highest BCUT2D eigenvalue weighted by Crippen LogP contribution is 2.32. The van der Waals surface area contributed by atoms with Crippen molar-refractivity contribution in [2.24, 2.45) is 0 Å². The lowest BCUT2D eigenvalue weighted by molar-refractivity contribution is -0.133. The highest BCUT2D eigenvalue weighted by molar-refractivity contribution is 9.10. The number of carboxylic acids is 1. The van der Waals surface area contributed by atoms with Crippen molar-refractivity contribution < 1.29 is 14.6 Å². The predicted molar refractivity (Wildman–Crippen MR) is 66.2 cm³/mol. The fourth-order valence-corrected chi connectivity index (χ4v) is 2.12. The zero-order valence-corrected chi connectivity index (χ0v) is 10.9. The Labute approximate surface area is 107 Å². The summed E-state index contributed by atoms with van der Waals surface area (Å²) in [5.74, 6) is -0.599. The van der Waals surface area contributed by atoms with Crippen LogP contribution in [0, 0.1) is 6.92 Å². The van der Waals surface area contributed by atoms with Crippen molar-refractivity contribution in [3.05, 3.63) is 39.3 Å². The molecule has 3 nitrogen and oxygen atoms in total. The van der Waals surface area contributed by atoms with E-state index in [9.17, 15) is 4.79 Å². The molecule has 0 atom stereocenters. The van der Waals surface area contributed by atoms with Crippen LogP contribution in [0.1, 0.15) is 5.56 Å². The topological polar surface area (TPSA) is 46.5 Å². The number of aryl methyl sites for hydroxylation is 1. The van der Waals surface area contributed by atoms with E-state index >= 15 is 0 Å². The summed E-state index contributed by atoms with van der Waals surface area (Å²) in [6, 6.07) is 3.53. The van der Waals surface area contributed by atoms with Crippen LogP contribution in [0.2, 0.25) is 5.02 Å². The maximum absolute atomic E-state index is 10.5. The minimum absolute atomic E-state index is 0.0154. The smallest absolute Gasteiger partial charge is 0.334 e. The van der Waals surface area contributed by atoms with Gasteiger partial charge >= 0.3 is 5.97 Å². The molecular weight excluding hydrogens is 295 g/mol. The average molecular weight is 306 g/mol. The SMILES string of the molecule is C=C(COc1c(C)cc(Br)cc1Cl)C(=O)O. The largest absolute Gasteiger partial charge is 0.487 e. The van der Waals surface area contributed by atoms with Crippen molar-refractivity contribution in [1.82, 2.24) is 0 Å². The van der Waals surface area contributed by atoms with Gasteiger partial charge in [-0.15, -0.1) is 0 Å². The molecule has 0 amide bonds. The molecular formula is C11H10BrClO3. The second-order valence-corrected chi connectivity index (χ2v) is 4.55. The first kappa shape index (κ1) is 13.1. The Balaban J connectivity index is 2.82. The fraction of sp³-hybridized carbons (Fsp3) is 0.182. The molecule has 0 unspecified atom stereocenters. The van der Waals surface area contributed by atoms with Crippen LogP contribution >= 0.6 is 27.5 Å². The lowest BCUT2D eigenvalue weighted by Gasteiger charge is -2.11. The highest BCUT2D eigenvalue weighted by Gasteiger charge is 2.10. The highest BCUT2D eigenvalue weighted by atomic mass is 79.9. The summed E-state index contributed by atoms with van der Waals surface area (Å²) in [6.07, 6.45) is 0. The van der Waals surface area contributed by atoms with Crippen molar-refractivity contribution in [2.45, 2.75) is 6.92 Å². The number of benzene rings is 1. The van der Waals surface area contributed by atoms with Crippen LogP contribution < -0.4 is 4.74 Å². The Hall–Kier alpha value is -1.00. The zero-order chi connectivity index (χ0) is 12.3. The number of aliphatic carboxylic acids is 1. The van der Waals surface area contributed by atoms with Gasteiger partial charge in [0.25, 0.3) is 0 Å². The van der Waals surface area contributed by atoms with E-state index in [1.807, 2.05) is 13.0 Å². The van der Waals surface area contributed by atoms with E-state index in [0.29, 0.717) is 10.8 Å². The fourth-order valence-electron chi connectivity index (χ4n) is 1.09. The number of halogens is 2. The predicted octanol–water partition coefficient (Wildman–Crippen LogP) is 3.43. The lowest BCUT2D eigenvalue weighted by Crippen LogP contribution is -2.09. The molecule has 0 aliphatic carbocycles. The van der Waals surface area contributed by atoms with Crippen LogP contribution in [0.3, 0.4) is 0 Å². The molecule has 1 aromatic carbocycles. The maximum atomic E-state index is 10.5. The van der Waals surface area contributed by atoms with E-state index < -0.39 is 5.97 Å². The molecule has 0 aliphatic heterocycles. The molecule has 0 heterocycles. The summed E-state index contributed by atoms with van der Waals surface area (Å²) in [5.41, 5.74) is 0.816. The van der Waals surface area contributed by atoms with E-state index in [4.69, 9.17) is 21.4 Å². The van der Waals surface area contributed by atoms with Gasteiger partial charge in [0.15, 0.2) is 0 Å². The Bertz CT molecular complexity index is 420. The molecule has 86 valence electrons. The monoisotopic (exact) mass is 304 g/mol. The van der Waals surface area contributed by atoms with Crippen molar-refractivity contribution in [3.8, 4) is 5.75 Å². The van der Waals surface area contributed by atoms with Crippen LogP contribution in [0.15, 0.2) is 28.8 Å². The average Bonchev–Trinajstić information content (AvgIpc) is 2.15. The molecule has 0 saturated carbocycles. The normalized spacial score (nSPS) is 9.94. The van der Waals surface area contributed by atoms with Crippen molar-refractivity contribution in [2.75, 3.05) is 6.61 Å². The summed E-state index contributed by atoms with van der Waals surface area (Å²) in [5, 5.41) is 9.06. The van der Waals surface area contributed by atoms with E-state index in [1.54, 1.807) is 6.07 Å². The van der Waals surface area contributed by atoms with Crippen LogP contribution in [0.4, 0.5) is 0 Å². The molecule has 5 heteroatoms. The number of hydrogen-bond acceptors (Lipinski definition) is 2. The van der Waals surface area contributed by atoms with Gasteiger partial charge in [0.2, 0.25) is 0 Å². The van der Waals surface area contributed by atoms with Crippen molar-refractivity contribution in [3.63, 3.8) is 0 Å². The molecule has 0 saturated heterocycles. The van der Waals surface area contributed by atoms with Crippen LogP contribution in [0.25, 0.3) is 0 Å². The molecule has 0 spiro atoms. The lowest BCUT2D eigenvalue weighted by atomic mass is 10.2. The number of rotatable bonds is 4. The molecule has 1 rings (SSSR count). The van der Waals surface area contributed by atoms with Gasteiger partial charge in [-0.25, -0.2) is 4.79 Å². The quantitative estimate of drug-likeness (QED) is 0.867. The third kappa shape index (κ3) is 3.25. The number of carbonyl (C=O) groups is 1. The van der Waals surface area contributed by atoms with E-state index in [2.05, 4.69) is 22.5 Å². The van der Waals surface area contributed by atoms with Crippen LogP contribution in [0.5, 0.6) is 5.75 Å². The second kappa shape index (κ2) is 5.37. The first-order chi connectivity index (χ1) is 7.41. The maximum Gasteiger partial charge on any atom is 0.334 e. The summed E-state index contributed by atoms with van der Waals surface area (Å²) >= 11 is 9.26. The minimum atomic E-state index is -1.08. The molecule has 1 N–H and O–H groups in total. The Morgan fingerprint density at radius 2 is 2.25 bits per heavy atom. The summed E-state index contributed by atoms with van der Waals surface area (Å²) < 4.78 is 6.16. The first-order valence-electron chi connectivity index (χ1n) is 4.41. The van der Waals surface area contributed by atoms with Gasteiger partial charge in [0.1, 0.15) is 12.4 Å². The third-order valence-electron chi connectivity index (χ3n) is 1.89. The zero-order valence-electron chi connectivity index (χ0n) is 8.59. The van der Waals surface area contributed by atoms with Gasteiger partial charge in [-0.05, 0) is 24.6 Å². The minimum Gasteiger partial charge on any atom is -0.487 e. The molecule has 0 aliphatic rings. The summed E-state index contributed by atoms with van der Waals surface area (Å²) in [6.45, 7) is 5.11. The van der Waals surface area contributed by atoms with E-state index in [-0.39, 0.29) is 12.2 Å².